The fraction of sp³-hybridized carbons (Fsp3) is 0.200. The van der Waals surface area contributed by atoms with Crippen LogP contribution in [0.3, 0.4) is 0 Å². The third-order valence-corrected chi connectivity index (χ3v) is 3.04. The minimum atomic E-state index is 0.394. The van der Waals surface area contributed by atoms with Crippen molar-refractivity contribution in [3.63, 3.8) is 0 Å². The summed E-state index contributed by atoms with van der Waals surface area (Å²) in [7, 11) is 0.394. The summed E-state index contributed by atoms with van der Waals surface area (Å²) in [6.07, 6.45) is 0. The third-order valence-electron chi connectivity index (χ3n) is 1.35. The highest BCUT2D eigenvalue weighted by Crippen LogP contribution is 2.23. The molecule has 0 heterocycles. The van der Waals surface area contributed by atoms with E-state index in [0.717, 1.165) is 10.2 Å². The summed E-state index contributed by atoms with van der Waals surface area (Å²) < 4.78 is 6.56. The van der Waals surface area contributed by atoms with Gasteiger partial charge in [-0.15, -0.1) is 0 Å². The zero-order valence-corrected chi connectivity index (χ0v) is 10.3. The quantitative estimate of drug-likeness (QED) is 0.752. The molecule has 0 amide bonds. The molecule has 2 radical (unpaired) electrons. The fourth-order valence-corrected chi connectivity index (χ4v) is 1.85. The highest BCUT2D eigenvalue weighted by atomic mass is 79.9. The molecule has 0 unspecified atom stereocenters. The summed E-state index contributed by atoms with van der Waals surface area (Å²) in [5.41, 5.74) is 3.37. The highest BCUT2D eigenvalue weighted by molar-refractivity contribution is 9.10. The number of hydrogen-bond acceptors (Lipinski definition) is 1. The molecule has 1 rings (SSSR count). The molecule has 0 bridgehead atoms. The number of para-hydroxylation sites is 1. The van der Waals surface area contributed by atoms with Crippen LogP contribution in [-0.2, 0) is 0 Å². The Morgan fingerprint density at radius 2 is 2.08 bits per heavy atom. The van der Waals surface area contributed by atoms with Crippen LogP contribution in [-0.4, -0.2) is 9.76 Å². The molecule has 0 aliphatic rings. The van der Waals surface area contributed by atoms with Crippen molar-refractivity contribution in [1.82, 2.24) is 0 Å². The number of allylic oxidation sites excluding steroid dienone is 1. The van der Waals surface area contributed by atoms with E-state index in [-0.39, 0.29) is 0 Å². The summed E-state index contributed by atoms with van der Waals surface area (Å²) in [6.45, 7) is 4.13. The first-order chi connectivity index (χ1) is 6.20. The Kier molecular flexibility index (Phi) is 4.25. The van der Waals surface area contributed by atoms with Gasteiger partial charge in [0.2, 0.25) is 0 Å². The Hall–Kier alpha value is -0.543. The first kappa shape index (κ1) is 10.5. The lowest BCUT2D eigenvalue weighted by Crippen LogP contribution is -1.99. The molecular formula is C10H11BrOSi. The molecule has 0 saturated heterocycles. The minimum absolute atomic E-state index is 0.394. The zero-order valence-electron chi connectivity index (χ0n) is 7.67. The van der Waals surface area contributed by atoms with E-state index in [2.05, 4.69) is 35.5 Å². The lowest BCUT2D eigenvalue weighted by Gasteiger charge is -2.04. The second-order valence-electron chi connectivity index (χ2n) is 2.87. The zero-order chi connectivity index (χ0) is 9.68. The van der Waals surface area contributed by atoms with Crippen LogP contribution in [0.15, 0.2) is 40.0 Å². The van der Waals surface area contributed by atoms with Crippen LogP contribution < -0.4 is 4.43 Å². The van der Waals surface area contributed by atoms with Crippen LogP contribution >= 0.6 is 15.9 Å². The van der Waals surface area contributed by atoms with Gasteiger partial charge in [-0.05, 0) is 41.9 Å². The lowest BCUT2D eigenvalue weighted by molar-refractivity contribution is 0.599. The topological polar surface area (TPSA) is 9.23 Å². The van der Waals surface area contributed by atoms with Gasteiger partial charge in [0, 0.05) is 0 Å². The van der Waals surface area contributed by atoms with Gasteiger partial charge in [-0.2, -0.15) is 0 Å². The second-order valence-corrected chi connectivity index (χ2v) is 4.45. The molecule has 68 valence electrons. The molecule has 0 atom stereocenters. The van der Waals surface area contributed by atoms with E-state index in [1.807, 2.05) is 24.3 Å². The SMILES string of the molecule is CC(C)=C[Si]Oc1ccccc1Br. The van der Waals surface area contributed by atoms with Gasteiger partial charge in [0.15, 0.2) is 0 Å². The maximum Gasteiger partial charge on any atom is 0.343 e. The Bertz CT molecular complexity index is 306. The Labute approximate surface area is 89.9 Å². The van der Waals surface area contributed by atoms with Crippen molar-refractivity contribution >= 4 is 25.7 Å². The van der Waals surface area contributed by atoms with Crippen molar-refractivity contribution in [3.05, 3.63) is 40.0 Å². The van der Waals surface area contributed by atoms with Gasteiger partial charge in [-0.3, -0.25) is 0 Å². The standard InChI is InChI=1S/C10H11BrOSi/c1-8(2)7-13-12-10-6-4-3-5-9(10)11/h3-7H,1-2H3. The van der Waals surface area contributed by atoms with Crippen molar-refractivity contribution < 1.29 is 4.43 Å². The summed E-state index contributed by atoms with van der Waals surface area (Å²) >= 11 is 3.42. The van der Waals surface area contributed by atoms with E-state index in [9.17, 15) is 0 Å². The number of halogens is 1. The second kappa shape index (κ2) is 5.24. The van der Waals surface area contributed by atoms with E-state index in [0.29, 0.717) is 9.76 Å². The molecule has 0 aliphatic heterocycles. The molecule has 13 heavy (non-hydrogen) atoms. The smallest absolute Gasteiger partial charge is 0.343 e. The maximum absolute atomic E-state index is 5.55. The minimum Gasteiger partial charge on any atom is -0.536 e. The van der Waals surface area contributed by atoms with Gasteiger partial charge in [-0.25, -0.2) is 0 Å². The van der Waals surface area contributed by atoms with E-state index < -0.39 is 0 Å². The summed E-state index contributed by atoms with van der Waals surface area (Å²) in [5.74, 6) is 0.901. The van der Waals surface area contributed by atoms with E-state index in [4.69, 9.17) is 4.43 Å². The molecule has 0 spiro atoms. The van der Waals surface area contributed by atoms with Crippen molar-refractivity contribution in [2.45, 2.75) is 13.8 Å². The first-order valence-electron chi connectivity index (χ1n) is 4.00. The largest absolute Gasteiger partial charge is 0.536 e. The van der Waals surface area contributed by atoms with E-state index in [1.165, 1.54) is 5.57 Å². The molecule has 1 aromatic carbocycles. The van der Waals surface area contributed by atoms with Crippen LogP contribution in [0, 0.1) is 0 Å². The summed E-state index contributed by atoms with van der Waals surface area (Å²) in [4.78, 5) is 0. The number of benzene rings is 1. The van der Waals surface area contributed by atoms with Crippen LogP contribution in [0.2, 0.25) is 0 Å². The maximum atomic E-state index is 5.55. The molecule has 3 heteroatoms. The molecule has 0 aliphatic carbocycles. The van der Waals surface area contributed by atoms with Gasteiger partial charge < -0.3 is 4.43 Å². The number of rotatable bonds is 3. The molecule has 0 aromatic heterocycles. The van der Waals surface area contributed by atoms with Crippen LogP contribution in [0.1, 0.15) is 13.8 Å². The van der Waals surface area contributed by atoms with Crippen molar-refractivity contribution in [2.24, 2.45) is 0 Å². The van der Waals surface area contributed by atoms with Crippen LogP contribution in [0.25, 0.3) is 0 Å². The summed E-state index contributed by atoms with van der Waals surface area (Å²) in [5, 5.41) is 0. The molecule has 0 N–H and O–H groups in total. The van der Waals surface area contributed by atoms with Gasteiger partial charge in [-0.1, -0.05) is 23.4 Å². The molecule has 1 nitrogen and oxygen atoms in total. The molecular weight excluding hydrogens is 244 g/mol. The van der Waals surface area contributed by atoms with Crippen molar-refractivity contribution in [3.8, 4) is 5.75 Å². The number of hydrogen-bond donors (Lipinski definition) is 0. The predicted molar refractivity (Wildman–Crippen MR) is 60.0 cm³/mol. The van der Waals surface area contributed by atoms with Crippen molar-refractivity contribution in [2.75, 3.05) is 0 Å². The Morgan fingerprint density at radius 3 is 2.69 bits per heavy atom. The molecule has 0 fully saturated rings. The predicted octanol–water partition coefficient (Wildman–Crippen LogP) is 3.37. The lowest BCUT2D eigenvalue weighted by atomic mass is 10.3. The summed E-state index contributed by atoms with van der Waals surface area (Å²) in [6, 6.07) is 7.87. The monoisotopic (exact) mass is 254 g/mol. The van der Waals surface area contributed by atoms with Gasteiger partial charge >= 0.3 is 9.76 Å². The van der Waals surface area contributed by atoms with Gasteiger partial charge in [0.25, 0.3) is 0 Å². The Balaban J connectivity index is 2.55. The Morgan fingerprint density at radius 1 is 1.38 bits per heavy atom. The highest BCUT2D eigenvalue weighted by Gasteiger charge is 1.97. The average molecular weight is 255 g/mol. The van der Waals surface area contributed by atoms with Crippen molar-refractivity contribution in [1.29, 1.82) is 0 Å². The fourth-order valence-electron chi connectivity index (χ4n) is 0.738. The molecule has 0 saturated carbocycles. The van der Waals surface area contributed by atoms with E-state index >= 15 is 0 Å². The molecule has 1 aromatic rings. The van der Waals surface area contributed by atoms with Crippen LogP contribution in [0.5, 0.6) is 5.75 Å². The van der Waals surface area contributed by atoms with Gasteiger partial charge in [0.05, 0.1) is 4.47 Å². The normalized spacial score (nSPS) is 9.46. The first-order valence-corrected chi connectivity index (χ1v) is 5.78. The van der Waals surface area contributed by atoms with Crippen LogP contribution in [0.4, 0.5) is 0 Å². The van der Waals surface area contributed by atoms with E-state index in [1.54, 1.807) is 0 Å². The third kappa shape index (κ3) is 3.78. The average Bonchev–Trinajstić information content (AvgIpc) is 2.08. The van der Waals surface area contributed by atoms with Gasteiger partial charge in [0.1, 0.15) is 5.75 Å².